The Morgan fingerprint density at radius 1 is 1.47 bits per heavy atom. The number of nitro benzene ring substituents is 1. The van der Waals surface area contributed by atoms with Crippen LogP contribution in [-0.2, 0) is 0 Å². The molecule has 2 rings (SSSR count). The lowest BCUT2D eigenvalue weighted by Gasteiger charge is -2.11. The third-order valence-corrected chi connectivity index (χ3v) is 3.99. The van der Waals surface area contributed by atoms with Gasteiger partial charge in [0.05, 0.1) is 10.3 Å². The van der Waals surface area contributed by atoms with Gasteiger partial charge in [0.2, 0.25) is 0 Å². The predicted molar refractivity (Wildman–Crippen MR) is 77.1 cm³/mol. The maximum Gasteiger partial charge on any atom is 0.292 e. The number of nitrogens with zero attached hydrogens (tertiary/aromatic N) is 2. The molecule has 1 N–H and O–H groups in total. The lowest BCUT2D eigenvalue weighted by Crippen LogP contribution is -2.17. The second kappa shape index (κ2) is 5.99. The Morgan fingerprint density at radius 3 is 2.95 bits per heavy atom. The minimum atomic E-state index is -0.330. The molecule has 0 saturated heterocycles. The van der Waals surface area contributed by atoms with E-state index in [1.165, 1.54) is 11.9 Å². The number of hydrogen-bond donors (Lipinski definition) is 1. The number of nitro groups is 1. The van der Waals surface area contributed by atoms with E-state index in [-0.39, 0.29) is 10.6 Å². The van der Waals surface area contributed by atoms with E-state index < -0.39 is 0 Å². The molecule has 1 heterocycles. The largest absolute Gasteiger partial charge is 0.292 e. The molecule has 0 radical (unpaired) electrons. The van der Waals surface area contributed by atoms with Crippen LogP contribution in [0.2, 0.25) is 0 Å². The molecule has 1 aromatic heterocycles. The van der Waals surface area contributed by atoms with Gasteiger partial charge in [0.15, 0.2) is 0 Å². The Balaban J connectivity index is 2.43. The molecule has 19 heavy (non-hydrogen) atoms. The first-order valence-corrected chi connectivity index (χ1v) is 6.88. The molecule has 0 aliphatic heterocycles. The van der Waals surface area contributed by atoms with E-state index in [0.717, 1.165) is 11.8 Å². The predicted octanol–water partition coefficient (Wildman–Crippen LogP) is 3.54. The lowest BCUT2D eigenvalue weighted by atomic mass is 10.1. The Morgan fingerprint density at radius 2 is 2.26 bits per heavy atom. The summed E-state index contributed by atoms with van der Waals surface area (Å²) in [6.45, 7) is 4.11. The Hall–Kier alpha value is -1.66. The Labute approximate surface area is 115 Å². The number of pyridine rings is 1. The van der Waals surface area contributed by atoms with Crippen molar-refractivity contribution in [1.29, 1.82) is 0 Å². The summed E-state index contributed by atoms with van der Waals surface area (Å²) in [7, 11) is 0. The van der Waals surface area contributed by atoms with Gasteiger partial charge in [-0.1, -0.05) is 13.0 Å². The Bertz CT molecular complexity index is 603. The first kappa shape index (κ1) is 13.8. The van der Waals surface area contributed by atoms with Crippen molar-refractivity contribution < 1.29 is 4.92 Å². The summed E-state index contributed by atoms with van der Waals surface area (Å²) in [5.74, 6) is 0. The van der Waals surface area contributed by atoms with E-state index in [9.17, 15) is 10.1 Å². The average Bonchev–Trinajstić information content (AvgIpc) is 2.43. The summed E-state index contributed by atoms with van der Waals surface area (Å²) in [4.78, 5) is 15.6. The van der Waals surface area contributed by atoms with E-state index in [1.54, 1.807) is 24.5 Å². The average molecular weight is 277 g/mol. The smallest absolute Gasteiger partial charge is 0.264 e. The van der Waals surface area contributed by atoms with Crippen molar-refractivity contribution in [3.8, 4) is 0 Å². The third-order valence-electron chi connectivity index (χ3n) is 2.92. The minimum Gasteiger partial charge on any atom is -0.264 e. The number of fused-ring (bicyclic) bond motifs is 1. The fourth-order valence-corrected chi connectivity index (χ4v) is 2.56. The zero-order chi connectivity index (χ0) is 13.8. The topological polar surface area (TPSA) is 68.1 Å². The molecule has 6 heteroatoms. The van der Waals surface area contributed by atoms with Crippen molar-refractivity contribution in [2.75, 3.05) is 0 Å². The molecule has 2 aromatic rings. The van der Waals surface area contributed by atoms with Gasteiger partial charge in [0.25, 0.3) is 5.69 Å². The number of nitrogens with one attached hydrogen (secondary N) is 1. The van der Waals surface area contributed by atoms with Crippen LogP contribution in [0.25, 0.3) is 10.8 Å². The Kier molecular flexibility index (Phi) is 4.34. The standard InChI is InChI=1S/C13H15N3O2S/c1-3-9(2)15-19-12-5-4-10-8-14-7-6-11(10)13(12)16(17)18/h4-9,15H,3H2,1-2H3. The summed E-state index contributed by atoms with van der Waals surface area (Å²) < 4.78 is 3.21. The van der Waals surface area contributed by atoms with Crippen molar-refractivity contribution >= 4 is 28.4 Å². The van der Waals surface area contributed by atoms with E-state index in [2.05, 4.69) is 16.6 Å². The first-order chi connectivity index (χ1) is 9.13. The minimum absolute atomic E-state index is 0.140. The number of rotatable bonds is 5. The van der Waals surface area contributed by atoms with Crippen LogP contribution in [0, 0.1) is 10.1 Å². The number of aromatic nitrogens is 1. The fraction of sp³-hybridized carbons (Fsp3) is 0.308. The monoisotopic (exact) mass is 277 g/mol. The summed E-state index contributed by atoms with van der Waals surface area (Å²) in [6, 6.07) is 5.61. The van der Waals surface area contributed by atoms with Crippen LogP contribution in [0.5, 0.6) is 0 Å². The van der Waals surface area contributed by atoms with Crippen LogP contribution >= 0.6 is 11.9 Å². The van der Waals surface area contributed by atoms with Crippen molar-refractivity contribution in [3.05, 3.63) is 40.7 Å². The van der Waals surface area contributed by atoms with Crippen molar-refractivity contribution in [1.82, 2.24) is 9.71 Å². The van der Waals surface area contributed by atoms with Crippen molar-refractivity contribution in [2.24, 2.45) is 0 Å². The molecule has 1 unspecified atom stereocenters. The van der Waals surface area contributed by atoms with Crippen LogP contribution in [0.15, 0.2) is 35.5 Å². The second-order valence-electron chi connectivity index (χ2n) is 4.30. The number of hydrogen-bond acceptors (Lipinski definition) is 5. The molecule has 0 bridgehead atoms. The van der Waals surface area contributed by atoms with Gasteiger partial charge in [-0.25, -0.2) is 0 Å². The lowest BCUT2D eigenvalue weighted by molar-refractivity contribution is -0.385. The zero-order valence-corrected chi connectivity index (χ0v) is 11.6. The molecular weight excluding hydrogens is 262 g/mol. The highest BCUT2D eigenvalue weighted by Gasteiger charge is 2.19. The maximum atomic E-state index is 11.3. The highest BCUT2D eigenvalue weighted by atomic mass is 32.2. The van der Waals surface area contributed by atoms with Gasteiger partial charge in [0, 0.05) is 23.8 Å². The molecule has 0 spiro atoms. The van der Waals surface area contributed by atoms with Gasteiger partial charge in [-0.15, -0.1) is 0 Å². The van der Waals surface area contributed by atoms with Crippen LogP contribution < -0.4 is 4.72 Å². The maximum absolute atomic E-state index is 11.3. The van der Waals surface area contributed by atoms with E-state index >= 15 is 0 Å². The van der Waals surface area contributed by atoms with Gasteiger partial charge in [-0.2, -0.15) is 0 Å². The molecule has 0 aliphatic rings. The van der Waals surface area contributed by atoms with E-state index in [4.69, 9.17) is 0 Å². The number of benzene rings is 1. The van der Waals surface area contributed by atoms with Crippen molar-refractivity contribution in [3.63, 3.8) is 0 Å². The van der Waals surface area contributed by atoms with Crippen LogP contribution in [0.3, 0.4) is 0 Å². The molecule has 0 aliphatic carbocycles. The first-order valence-electron chi connectivity index (χ1n) is 6.07. The molecular formula is C13H15N3O2S. The highest BCUT2D eigenvalue weighted by molar-refractivity contribution is 7.97. The molecule has 0 amide bonds. The molecule has 1 aromatic carbocycles. The van der Waals surface area contributed by atoms with E-state index in [1.807, 2.05) is 13.0 Å². The highest BCUT2D eigenvalue weighted by Crippen LogP contribution is 2.34. The summed E-state index contributed by atoms with van der Waals surface area (Å²) in [5, 5.41) is 12.7. The fourth-order valence-electron chi connectivity index (χ4n) is 1.65. The second-order valence-corrected chi connectivity index (χ2v) is 5.18. The van der Waals surface area contributed by atoms with E-state index in [0.29, 0.717) is 16.3 Å². The molecule has 0 fully saturated rings. The summed E-state index contributed by atoms with van der Waals surface area (Å²) in [6.07, 6.45) is 4.18. The van der Waals surface area contributed by atoms with Crippen LogP contribution in [-0.4, -0.2) is 15.9 Å². The molecule has 100 valence electrons. The summed E-state index contributed by atoms with van der Waals surface area (Å²) >= 11 is 1.31. The zero-order valence-electron chi connectivity index (χ0n) is 10.8. The molecule has 0 saturated carbocycles. The SMILES string of the molecule is CCC(C)NSc1ccc2cnccc2c1[N+](=O)[O-]. The van der Waals surface area contributed by atoms with Gasteiger partial charge in [0.1, 0.15) is 4.90 Å². The third kappa shape index (κ3) is 3.02. The van der Waals surface area contributed by atoms with Crippen LogP contribution in [0.4, 0.5) is 5.69 Å². The van der Waals surface area contributed by atoms with Gasteiger partial charge < -0.3 is 0 Å². The molecule has 1 atom stereocenters. The normalized spacial score (nSPS) is 12.5. The van der Waals surface area contributed by atoms with Crippen molar-refractivity contribution in [2.45, 2.75) is 31.2 Å². The van der Waals surface area contributed by atoms with Gasteiger partial charge >= 0.3 is 0 Å². The molecule has 5 nitrogen and oxygen atoms in total. The van der Waals surface area contributed by atoms with Gasteiger partial charge in [-0.05, 0) is 37.4 Å². The quantitative estimate of drug-likeness (QED) is 0.514. The van der Waals surface area contributed by atoms with Crippen LogP contribution in [0.1, 0.15) is 20.3 Å². The summed E-state index contributed by atoms with van der Waals surface area (Å²) in [5.41, 5.74) is 0.140. The van der Waals surface area contributed by atoms with Gasteiger partial charge in [-0.3, -0.25) is 19.8 Å².